The van der Waals surface area contributed by atoms with Crippen LogP contribution in [0.5, 0.6) is 0 Å². The number of anilines is 1. The number of amides is 1. The summed E-state index contributed by atoms with van der Waals surface area (Å²) in [4.78, 5) is 29.4. The molecule has 0 aliphatic heterocycles. The number of hydrogen-bond acceptors (Lipinski definition) is 4. The third-order valence-corrected chi connectivity index (χ3v) is 2.54. The van der Waals surface area contributed by atoms with Crippen LogP contribution in [0.3, 0.4) is 0 Å². The summed E-state index contributed by atoms with van der Waals surface area (Å²) in [5.74, 6) is -1.71. The van der Waals surface area contributed by atoms with Crippen molar-refractivity contribution in [2.75, 3.05) is 5.32 Å². The molecule has 3 N–H and O–H groups in total. The van der Waals surface area contributed by atoms with Crippen LogP contribution in [-0.2, 0) is 0 Å². The van der Waals surface area contributed by atoms with Crippen LogP contribution in [-0.4, -0.2) is 27.0 Å². The molecule has 0 unspecified atom stereocenters. The Morgan fingerprint density at radius 2 is 2.20 bits per heavy atom. The van der Waals surface area contributed by atoms with Gasteiger partial charge in [-0.3, -0.25) is 4.79 Å². The predicted octanol–water partition coefficient (Wildman–Crippen LogP) is 1.54. The summed E-state index contributed by atoms with van der Waals surface area (Å²) >= 11 is 0. The normalized spacial score (nSPS) is 9.80. The van der Waals surface area contributed by atoms with Gasteiger partial charge in [0.2, 0.25) is 0 Å². The average molecular weight is 270 g/mol. The standard InChI is InChI=1S/C13H10N4O3/c1-7-4-10(11(16-7)13(19)20)17-12(18)9-3-2-8(5-14)6-15-9/h2-4,6,16H,1H3,(H,17,18)(H,19,20). The number of aromatic carboxylic acids is 1. The van der Waals surface area contributed by atoms with Gasteiger partial charge in [0.15, 0.2) is 0 Å². The summed E-state index contributed by atoms with van der Waals surface area (Å²) in [6.45, 7) is 1.68. The molecule has 0 spiro atoms. The number of nitriles is 1. The van der Waals surface area contributed by atoms with Gasteiger partial charge in [0.1, 0.15) is 17.5 Å². The van der Waals surface area contributed by atoms with Crippen LogP contribution in [0, 0.1) is 18.3 Å². The second-order valence-electron chi connectivity index (χ2n) is 4.04. The first-order chi connectivity index (χ1) is 9.51. The molecule has 2 heterocycles. The topological polar surface area (TPSA) is 119 Å². The van der Waals surface area contributed by atoms with Gasteiger partial charge in [-0.2, -0.15) is 5.26 Å². The van der Waals surface area contributed by atoms with Crippen molar-refractivity contribution >= 4 is 17.6 Å². The fraction of sp³-hybridized carbons (Fsp3) is 0.0769. The van der Waals surface area contributed by atoms with Gasteiger partial charge in [-0.1, -0.05) is 0 Å². The lowest BCUT2D eigenvalue weighted by Gasteiger charge is -2.03. The van der Waals surface area contributed by atoms with E-state index in [2.05, 4.69) is 15.3 Å². The Kier molecular flexibility index (Phi) is 3.48. The Labute approximate surface area is 113 Å². The molecular weight excluding hydrogens is 260 g/mol. The van der Waals surface area contributed by atoms with Crippen LogP contribution >= 0.6 is 0 Å². The van der Waals surface area contributed by atoms with Gasteiger partial charge < -0.3 is 15.4 Å². The molecule has 0 aromatic carbocycles. The van der Waals surface area contributed by atoms with Gasteiger partial charge in [-0.15, -0.1) is 0 Å². The van der Waals surface area contributed by atoms with Crippen molar-refractivity contribution in [3.8, 4) is 6.07 Å². The van der Waals surface area contributed by atoms with Crippen LogP contribution in [0.15, 0.2) is 24.4 Å². The third-order valence-electron chi connectivity index (χ3n) is 2.54. The quantitative estimate of drug-likeness (QED) is 0.781. The van der Waals surface area contributed by atoms with E-state index in [-0.39, 0.29) is 17.1 Å². The predicted molar refractivity (Wildman–Crippen MR) is 69.4 cm³/mol. The number of pyridine rings is 1. The molecule has 0 radical (unpaired) electrons. The molecular formula is C13H10N4O3. The molecule has 0 bridgehead atoms. The molecule has 0 atom stereocenters. The van der Waals surface area contributed by atoms with E-state index in [4.69, 9.17) is 10.4 Å². The Balaban J connectivity index is 2.23. The zero-order chi connectivity index (χ0) is 14.7. The largest absolute Gasteiger partial charge is 0.477 e. The first-order valence-electron chi connectivity index (χ1n) is 5.61. The highest BCUT2D eigenvalue weighted by Gasteiger charge is 2.16. The molecule has 7 heteroatoms. The molecule has 7 nitrogen and oxygen atoms in total. The maximum atomic E-state index is 11.9. The number of hydrogen-bond donors (Lipinski definition) is 3. The summed E-state index contributed by atoms with van der Waals surface area (Å²) < 4.78 is 0. The summed E-state index contributed by atoms with van der Waals surface area (Å²) in [7, 11) is 0. The highest BCUT2D eigenvalue weighted by molar-refractivity contribution is 6.06. The molecule has 1 amide bonds. The fourth-order valence-electron chi connectivity index (χ4n) is 1.64. The number of rotatable bonds is 3. The summed E-state index contributed by atoms with van der Waals surface area (Å²) in [6.07, 6.45) is 1.27. The van der Waals surface area contributed by atoms with E-state index in [1.54, 1.807) is 6.92 Å². The van der Waals surface area contributed by atoms with Crippen LogP contribution in [0.4, 0.5) is 5.69 Å². The molecule has 20 heavy (non-hydrogen) atoms. The zero-order valence-corrected chi connectivity index (χ0v) is 10.5. The Hall–Kier alpha value is -3.14. The Morgan fingerprint density at radius 1 is 1.45 bits per heavy atom. The van der Waals surface area contributed by atoms with E-state index < -0.39 is 11.9 Å². The van der Waals surface area contributed by atoms with Crippen molar-refractivity contribution < 1.29 is 14.7 Å². The van der Waals surface area contributed by atoms with Crippen LogP contribution in [0.1, 0.15) is 32.2 Å². The number of nitrogens with one attached hydrogen (secondary N) is 2. The molecule has 100 valence electrons. The van der Waals surface area contributed by atoms with Gasteiger partial charge in [-0.05, 0) is 25.1 Å². The minimum Gasteiger partial charge on any atom is -0.477 e. The van der Waals surface area contributed by atoms with Gasteiger partial charge >= 0.3 is 5.97 Å². The van der Waals surface area contributed by atoms with Crippen molar-refractivity contribution in [1.82, 2.24) is 9.97 Å². The number of H-pyrrole nitrogens is 1. The fourth-order valence-corrected chi connectivity index (χ4v) is 1.64. The lowest BCUT2D eigenvalue weighted by molar-refractivity contribution is 0.0692. The van der Waals surface area contributed by atoms with Gasteiger partial charge in [0.05, 0.1) is 11.3 Å². The maximum Gasteiger partial charge on any atom is 0.354 e. The maximum absolute atomic E-state index is 11.9. The third kappa shape index (κ3) is 2.64. The van der Waals surface area contributed by atoms with E-state index in [0.717, 1.165) is 0 Å². The Morgan fingerprint density at radius 3 is 2.75 bits per heavy atom. The molecule has 2 aromatic heterocycles. The monoisotopic (exact) mass is 270 g/mol. The van der Waals surface area contributed by atoms with Gasteiger partial charge in [0, 0.05) is 11.9 Å². The zero-order valence-electron chi connectivity index (χ0n) is 10.5. The van der Waals surface area contributed by atoms with Crippen LogP contribution in [0.25, 0.3) is 0 Å². The second kappa shape index (κ2) is 5.24. The summed E-state index contributed by atoms with van der Waals surface area (Å²) in [5, 5.41) is 20.1. The summed E-state index contributed by atoms with van der Waals surface area (Å²) in [5.41, 5.74) is 1.13. The number of carboxylic acids is 1. The Bertz CT molecular complexity index is 710. The van der Waals surface area contributed by atoms with Crippen molar-refractivity contribution in [2.45, 2.75) is 6.92 Å². The van der Waals surface area contributed by atoms with Crippen molar-refractivity contribution in [3.05, 3.63) is 47.0 Å². The van der Waals surface area contributed by atoms with E-state index in [0.29, 0.717) is 11.3 Å². The molecule has 0 fully saturated rings. The first-order valence-corrected chi connectivity index (χ1v) is 5.61. The lowest BCUT2D eigenvalue weighted by atomic mass is 10.2. The minimum atomic E-state index is -1.17. The van der Waals surface area contributed by atoms with Crippen LogP contribution in [0.2, 0.25) is 0 Å². The SMILES string of the molecule is Cc1cc(NC(=O)c2ccc(C#N)cn2)c(C(=O)O)[nH]1. The highest BCUT2D eigenvalue weighted by Crippen LogP contribution is 2.17. The van der Waals surface area contributed by atoms with E-state index in [9.17, 15) is 9.59 Å². The number of carboxylic acid groups (broad SMARTS) is 1. The number of aromatic nitrogens is 2. The minimum absolute atomic E-state index is 0.0931. The van der Waals surface area contributed by atoms with E-state index >= 15 is 0 Å². The second-order valence-corrected chi connectivity index (χ2v) is 4.04. The molecule has 0 aliphatic rings. The molecule has 0 saturated heterocycles. The van der Waals surface area contributed by atoms with Gasteiger partial charge in [0.25, 0.3) is 5.91 Å². The smallest absolute Gasteiger partial charge is 0.354 e. The van der Waals surface area contributed by atoms with Crippen LogP contribution < -0.4 is 5.32 Å². The number of carbonyl (C=O) groups is 2. The summed E-state index contributed by atoms with van der Waals surface area (Å²) in [6, 6.07) is 6.27. The van der Waals surface area contributed by atoms with Crippen molar-refractivity contribution in [2.24, 2.45) is 0 Å². The molecule has 0 aliphatic carbocycles. The van der Waals surface area contributed by atoms with E-state index in [1.165, 1.54) is 24.4 Å². The number of carbonyl (C=O) groups excluding carboxylic acids is 1. The van der Waals surface area contributed by atoms with Gasteiger partial charge in [-0.25, -0.2) is 9.78 Å². The molecule has 2 aromatic rings. The number of aryl methyl sites for hydroxylation is 1. The van der Waals surface area contributed by atoms with Crippen molar-refractivity contribution in [3.63, 3.8) is 0 Å². The number of aromatic amines is 1. The van der Waals surface area contributed by atoms with E-state index in [1.807, 2.05) is 6.07 Å². The first kappa shape index (κ1) is 13.3. The molecule has 2 rings (SSSR count). The average Bonchev–Trinajstić information content (AvgIpc) is 2.80. The lowest BCUT2D eigenvalue weighted by Crippen LogP contribution is -2.15. The van der Waals surface area contributed by atoms with Crippen molar-refractivity contribution in [1.29, 1.82) is 5.26 Å². The highest BCUT2D eigenvalue weighted by atomic mass is 16.4. The molecule has 0 saturated carbocycles. The number of nitrogens with zero attached hydrogens (tertiary/aromatic N) is 2.